The molecule has 216 valence electrons. The van der Waals surface area contributed by atoms with Crippen molar-refractivity contribution in [3.05, 3.63) is 71.4 Å². The molecule has 14 nitrogen and oxygen atoms in total. The Bertz CT molecular complexity index is 1620. The zero-order valence-corrected chi connectivity index (χ0v) is 23.1. The first-order chi connectivity index (χ1) is 20.4. The van der Waals surface area contributed by atoms with E-state index in [-0.39, 0.29) is 12.5 Å². The molecule has 1 aliphatic rings. The van der Waals surface area contributed by atoms with Gasteiger partial charge in [-0.3, -0.25) is 15.4 Å². The number of anilines is 2. The van der Waals surface area contributed by atoms with Crippen LogP contribution in [-0.4, -0.2) is 62.0 Å². The predicted molar refractivity (Wildman–Crippen MR) is 153 cm³/mol. The third-order valence-corrected chi connectivity index (χ3v) is 6.58. The van der Waals surface area contributed by atoms with Gasteiger partial charge in [-0.15, -0.1) is 5.10 Å². The Morgan fingerprint density at radius 3 is 2.90 bits per heavy atom. The molecule has 0 saturated heterocycles. The van der Waals surface area contributed by atoms with Crippen LogP contribution < -0.4 is 16.0 Å². The van der Waals surface area contributed by atoms with Crippen molar-refractivity contribution >= 4 is 47.1 Å². The highest BCUT2D eigenvalue weighted by molar-refractivity contribution is 6.30. The van der Waals surface area contributed by atoms with Crippen molar-refractivity contribution < 1.29 is 23.9 Å². The minimum absolute atomic E-state index is 0.180. The molecule has 1 atom stereocenters. The standard InChI is InChI=1S/C27H26ClN9O5/c1-41-26(39)31-18-7-8-19-21(13-18)34-27(40)42-11-3-2-4-20(25-29-14-22(19)33-25)32-24(38)10-5-16-12-17(28)6-9-23(16)37-15-30-35-36-37/h5-10,12-15,20H,2-4,11H2,1H3,(H,29,33)(H,31,39)(H,32,38)(H,34,40). The van der Waals surface area contributed by atoms with Gasteiger partial charge in [0.05, 0.1) is 43.0 Å². The molecule has 0 fully saturated rings. The predicted octanol–water partition coefficient (Wildman–Crippen LogP) is 4.49. The normalized spacial score (nSPS) is 15.3. The summed E-state index contributed by atoms with van der Waals surface area (Å²) in [5, 5.41) is 20.0. The number of methoxy groups -OCH3 is 1. The van der Waals surface area contributed by atoms with E-state index in [2.05, 4.69) is 46.2 Å². The minimum Gasteiger partial charge on any atom is -0.453 e. The van der Waals surface area contributed by atoms with Crippen LogP contribution in [-0.2, 0) is 14.3 Å². The molecule has 2 aromatic carbocycles. The second-order valence-corrected chi connectivity index (χ2v) is 9.60. The number of fused-ring (bicyclic) bond motifs is 4. The molecule has 2 bridgehead atoms. The number of aromatic nitrogens is 6. The SMILES string of the molecule is COC(=O)Nc1ccc2c(c1)NC(=O)OCCCCC(NC(=O)C=Cc1cc(Cl)ccc1-n1cnnn1)c1ncc-2[nH]1. The van der Waals surface area contributed by atoms with Crippen LogP contribution in [0.5, 0.6) is 0 Å². The smallest absolute Gasteiger partial charge is 0.411 e. The third-order valence-electron chi connectivity index (χ3n) is 6.34. The van der Waals surface area contributed by atoms with E-state index in [1.54, 1.807) is 48.7 Å². The maximum absolute atomic E-state index is 13.1. The number of halogens is 1. The molecule has 15 heteroatoms. The lowest BCUT2D eigenvalue weighted by Gasteiger charge is -2.16. The van der Waals surface area contributed by atoms with Gasteiger partial charge in [0.2, 0.25) is 5.91 Å². The van der Waals surface area contributed by atoms with E-state index in [9.17, 15) is 14.4 Å². The molecule has 0 spiro atoms. The van der Waals surface area contributed by atoms with Crippen molar-refractivity contribution in [3.8, 4) is 16.9 Å². The number of nitrogens with zero attached hydrogens (tertiary/aromatic N) is 5. The Kier molecular flexibility index (Phi) is 8.72. The number of rotatable bonds is 5. The van der Waals surface area contributed by atoms with Gasteiger partial charge in [-0.25, -0.2) is 14.6 Å². The Morgan fingerprint density at radius 2 is 2.10 bits per heavy atom. The topological polar surface area (TPSA) is 178 Å². The monoisotopic (exact) mass is 591 g/mol. The van der Waals surface area contributed by atoms with Crippen LogP contribution in [0.25, 0.3) is 23.0 Å². The van der Waals surface area contributed by atoms with Crippen LogP contribution in [0.1, 0.15) is 36.7 Å². The molecular weight excluding hydrogens is 566 g/mol. The summed E-state index contributed by atoms with van der Waals surface area (Å²) in [4.78, 5) is 45.0. The Hall–Kier alpha value is -5.24. The number of hydrogen-bond acceptors (Lipinski definition) is 9. The number of carbonyl (C=O) groups excluding carboxylic acids is 3. The van der Waals surface area contributed by atoms with Crippen molar-refractivity contribution in [3.63, 3.8) is 0 Å². The van der Waals surface area contributed by atoms with Gasteiger partial charge in [0.15, 0.2) is 0 Å². The molecule has 5 rings (SSSR count). The fraction of sp³-hybridized carbons (Fsp3) is 0.222. The second-order valence-electron chi connectivity index (χ2n) is 9.17. The fourth-order valence-electron chi connectivity index (χ4n) is 4.34. The zero-order valence-electron chi connectivity index (χ0n) is 22.3. The molecule has 1 unspecified atom stereocenters. The zero-order chi connectivity index (χ0) is 29.5. The minimum atomic E-state index is -0.652. The molecule has 3 heterocycles. The summed E-state index contributed by atoms with van der Waals surface area (Å²) in [6.07, 6.45) is 6.56. The van der Waals surface area contributed by atoms with Gasteiger partial charge >= 0.3 is 12.2 Å². The van der Waals surface area contributed by atoms with Crippen molar-refractivity contribution in [2.24, 2.45) is 0 Å². The van der Waals surface area contributed by atoms with E-state index in [4.69, 9.17) is 16.3 Å². The van der Waals surface area contributed by atoms with Crippen LogP contribution >= 0.6 is 11.6 Å². The molecule has 0 radical (unpaired) electrons. The number of benzene rings is 2. The van der Waals surface area contributed by atoms with Crippen molar-refractivity contribution in [1.29, 1.82) is 0 Å². The van der Waals surface area contributed by atoms with Crippen LogP contribution in [0.15, 0.2) is 55.0 Å². The number of carbonyl (C=O) groups is 3. The number of hydrogen-bond donors (Lipinski definition) is 4. The summed E-state index contributed by atoms with van der Waals surface area (Å²) in [7, 11) is 1.25. The number of nitrogens with one attached hydrogen (secondary N) is 4. The molecule has 4 N–H and O–H groups in total. The summed E-state index contributed by atoms with van der Waals surface area (Å²) in [6.45, 7) is 0.180. The van der Waals surface area contributed by atoms with E-state index >= 15 is 0 Å². The van der Waals surface area contributed by atoms with Gasteiger partial charge < -0.3 is 19.8 Å². The van der Waals surface area contributed by atoms with Gasteiger partial charge in [-0.05, 0) is 72.2 Å². The fourth-order valence-corrected chi connectivity index (χ4v) is 4.52. The van der Waals surface area contributed by atoms with Crippen LogP contribution in [0, 0.1) is 0 Å². The number of tetrazole rings is 1. The molecule has 0 saturated carbocycles. The molecular formula is C27H26ClN9O5. The Labute approximate surface area is 244 Å². The van der Waals surface area contributed by atoms with E-state index in [0.29, 0.717) is 64.0 Å². The van der Waals surface area contributed by atoms with Crippen molar-refractivity contribution in [1.82, 2.24) is 35.5 Å². The van der Waals surface area contributed by atoms with Gasteiger partial charge in [-0.2, -0.15) is 4.68 Å². The Balaban J connectivity index is 1.39. The molecule has 3 amide bonds. The van der Waals surface area contributed by atoms with E-state index in [0.717, 1.165) is 0 Å². The summed E-state index contributed by atoms with van der Waals surface area (Å²) in [5.74, 6) is 0.190. The number of imidazole rings is 1. The first-order valence-corrected chi connectivity index (χ1v) is 13.3. The summed E-state index contributed by atoms with van der Waals surface area (Å²) in [5.41, 5.74) is 3.27. The lowest BCUT2D eigenvalue weighted by atomic mass is 10.1. The molecule has 0 aliphatic carbocycles. The van der Waals surface area contributed by atoms with Gasteiger partial charge in [0, 0.05) is 27.9 Å². The van der Waals surface area contributed by atoms with Crippen molar-refractivity contribution in [2.75, 3.05) is 24.4 Å². The number of ether oxygens (including phenoxy) is 2. The van der Waals surface area contributed by atoms with E-state index in [1.807, 2.05) is 0 Å². The Morgan fingerprint density at radius 1 is 1.21 bits per heavy atom. The van der Waals surface area contributed by atoms with Crippen molar-refractivity contribution in [2.45, 2.75) is 25.3 Å². The number of cyclic esters (lactones) is 1. The highest BCUT2D eigenvalue weighted by Gasteiger charge is 2.20. The molecule has 2 aromatic heterocycles. The highest BCUT2D eigenvalue weighted by atomic mass is 35.5. The first kappa shape index (κ1) is 28.3. The molecule has 4 aromatic rings. The van der Waals surface area contributed by atoms with Gasteiger partial charge in [-0.1, -0.05) is 11.6 Å². The quantitative estimate of drug-likeness (QED) is 0.243. The van der Waals surface area contributed by atoms with Gasteiger partial charge in [0.1, 0.15) is 12.2 Å². The van der Waals surface area contributed by atoms with Crippen LogP contribution in [0.4, 0.5) is 21.0 Å². The average Bonchev–Trinajstić information content (AvgIpc) is 3.68. The van der Waals surface area contributed by atoms with Crippen LogP contribution in [0.2, 0.25) is 5.02 Å². The highest BCUT2D eigenvalue weighted by Crippen LogP contribution is 2.32. The number of H-pyrrole nitrogens is 1. The molecule has 1 aliphatic heterocycles. The van der Waals surface area contributed by atoms with Gasteiger partial charge in [0.25, 0.3) is 0 Å². The summed E-state index contributed by atoms with van der Waals surface area (Å²) < 4.78 is 11.5. The lowest BCUT2D eigenvalue weighted by Crippen LogP contribution is -2.27. The average molecular weight is 592 g/mol. The molecule has 42 heavy (non-hydrogen) atoms. The second kappa shape index (κ2) is 13.0. The number of aromatic amines is 1. The summed E-state index contributed by atoms with van der Waals surface area (Å²) >= 11 is 6.19. The van der Waals surface area contributed by atoms with E-state index < -0.39 is 18.2 Å². The van der Waals surface area contributed by atoms with E-state index in [1.165, 1.54) is 24.2 Å². The summed E-state index contributed by atoms with van der Waals surface area (Å²) in [6, 6.07) is 9.66. The lowest BCUT2D eigenvalue weighted by molar-refractivity contribution is -0.117. The maximum atomic E-state index is 13.1. The number of amides is 3. The third kappa shape index (κ3) is 6.90. The van der Waals surface area contributed by atoms with Crippen LogP contribution in [0.3, 0.4) is 0 Å². The largest absolute Gasteiger partial charge is 0.453 e. The maximum Gasteiger partial charge on any atom is 0.411 e. The first-order valence-electron chi connectivity index (χ1n) is 12.9.